The van der Waals surface area contributed by atoms with E-state index >= 15 is 0 Å². The number of carbonyl (C=O) groups is 1. The van der Waals surface area contributed by atoms with Gasteiger partial charge >= 0.3 is 5.69 Å². The third kappa shape index (κ3) is 2.58. The van der Waals surface area contributed by atoms with E-state index in [-0.39, 0.29) is 11.2 Å². The summed E-state index contributed by atoms with van der Waals surface area (Å²) in [6.45, 7) is 4.81. The minimum absolute atomic E-state index is 0.309. The van der Waals surface area contributed by atoms with Gasteiger partial charge in [-0.1, -0.05) is 0 Å². The van der Waals surface area contributed by atoms with Gasteiger partial charge < -0.3 is 4.74 Å². The van der Waals surface area contributed by atoms with Gasteiger partial charge in [0, 0.05) is 26.8 Å². The standard InChI is InChI=1S/C14H18N2O4S/c1-4-15-12(18)11-9(2)10(8-17)21-13(11)16(14(15)19)6-5-7-20-3/h8H,4-7H2,1-3H3. The zero-order chi connectivity index (χ0) is 15.6. The van der Waals surface area contributed by atoms with Crippen LogP contribution >= 0.6 is 11.3 Å². The number of hydrogen-bond donors (Lipinski definition) is 0. The number of nitrogens with zero attached hydrogens (tertiary/aromatic N) is 2. The lowest BCUT2D eigenvalue weighted by Gasteiger charge is -2.10. The van der Waals surface area contributed by atoms with Crippen molar-refractivity contribution in [3.05, 3.63) is 31.3 Å². The lowest BCUT2D eigenvalue weighted by Crippen LogP contribution is -2.39. The quantitative estimate of drug-likeness (QED) is 0.597. The predicted octanol–water partition coefficient (Wildman–Crippen LogP) is 1.40. The van der Waals surface area contributed by atoms with Gasteiger partial charge in [-0.25, -0.2) is 4.79 Å². The smallest absolute Gasteiger partial charge is 0.332 e. The summed E-state index contributed by atoms with van der Waals surface area (Å²) in [6, 6.07) is 0. The van der Waals surface area contributed by atoms with Gasteiger partial charge in [0.2, 0.25) is 0 Å². The van der Waals surface area contributed by atoms with Crippen molar-refractivity contribution in [2.45, 2.75) is 33.4 Å². The van der Waals surface area contributed by atoms with Crippen molar-refractivity contribution in [3.8, 4) is 0 Å². The number of carbonyl (C=O) groups excluding carboxylic acids is 1. The average Bonchev–Trinajstić information content (AvgIpc) is 2.80. The molecule has 0 aliphatic carbocycles. The molecule has 0 unspecified atom stereocenters. The molecular weight excluding hydrogens is 292 g/mol. The van der Waals surface area contributed by atoms with Gasteiger partial charge in [-0.15, -0.1) is 11.3 Å². The number of methoxy groups -OCH3 is 1. The van der Waals surface area contributed by atoms with Crippen molar-refractivity contribution in [1.29, 1.82) is 0 Å². The zero-order valence-corrected chi connectivity index (χ0v) is 13.2. The number of aryl methyl sites for hydroxylation is 2. The van der Waals surface area contributed by atoms with Gasteiger partial charge in [-0.2, -0.15) is 0 Å². The van der Waals surface area contributed by atoms with Crippen molar-refractivity contribution in [1.82, 2.24) is 9.13 Å². The van der Waals surface area contributed by atoms with Crippen LogP contribution in [0.15, 0.2) is 9.59 Å². The minimum Gasteiger partial charge on any atom is -0.385 e. The van der Waals surface area contributed by atoms with Crippen LogP contribution in [0.4, 0.5) is 0 Å². The number of aldehydes is 1. The molecule has 0 amide bonds. The number of ether oxygens (including phenoxy) is 1. The predicted molar refractivity (Wildman–Crippen MR) is 82.6 cm³/mol. The highest BCUT2D eigenvalue weighted by atomic mass is 32.1. The normalized spacial score (nSPS) is 11.2. The Bertz CT molecular complexity index is 785. The SMILES string of the molecule is CCn1c(=O)c2c(C)c(C=O)sc2n(CCCOC)c1=O. The van der Waals surface area contributed by atoms with Gasteiger partial charge in [0.1, 0.15) is 4.83 Å². The molecule has 2 aromatic heterocycles. The number of fused-ring (bicyclic) bond motifs is 1. The van der Waals surface area contributed by atoms with Gasteiger partial charge in [0.25, 0.3) is 5.56 Å². The van der Waals surface area contributed by atoms with E-state index in [1.807, 2.05) is 0 Å². The summed E-state index contributed by atoms with van der Waals surface area (Å²) in [4.78, 5) is 37.1. The van der Waals surface area contributed by atoms with Crippen molar-refractivity contribution in [2.75, 3.05) is 13.7 Å². The maximum Gasteiger partial charge on any atom is 0.332 e. The summed E-state index contributed by atoms with van der Waals surface area (Å²) in [6.07, 6.45) is 1.40. The largest absolute Gasteiger partial charge is 0.385 e. The van der Waals surface area contributed by atoms with Crippen molar-refractivity contribution in [2.24, 2.45) is 0 Å². The first-order chi connectivity index (χ1) is 10.1. The minimum atomic E-state index is -0.329. The number of hydrogen-bond acceptors (Lipinski definition) is 5. The van der Waals surface area contributed by atoms with Crippen molar-refractivity contribution < 1.29 is 9.53 Å². The monoisotopic (exact) mass is 310 g/mol. The second-order valence-electron chi connectivity index (χ2n) is 4.72. The number of aromatic nitrogens is 2. The van der Waals surface area contributed by atoms with Crippen LogP contribution in [0, 0.1) is 6.92 Å². The van der Waals surface area contributed by atoms with Crippen LogP contribution in [0.2, 0.25) is 0 Å². The van der Waals surface area contributed by atoms with Gasteiger partial charge in [0.15, 0.2) is 6.29 Å². The molecule has 0 radical (unpaired) electrons. The Morgan fingerprint density at radius 3 is 2.57 bits per heavy atom. The highest BCUT2D eigenvalue weighted by Gasteiger charge is 2.18. The molecule has 0 saturated heterocycles. The van der Waals surface area contributed by atoms with E-state index in [0.29, 0.717) is 46.8 Å². The molecule has 0 saturated carbocycles. The third-order valence-electron chi connectivity index (χ3n) is 3.48. The topological polar surface area (TPSA) is 70.3 Å². The first kappa shape index (κ1) is 15.7. The summed E-state index contributed by atoms with van der Waals surface area (Å²) in [5.74, 6) is 0. The fraction of sp³-hybridized carbons (Fsp3) is 0.500. The van der Waals surface area contributed by atoms with E-state index in [9.17, 15) is 14.4 Å². The Balaban J connectivity index is 2.78. The van der Waals surface area contributed by atoms with Gasteiger partial charge in [-0.3, -0.25) is 18.7 Å². The summed E-state index contributed by atoms with van der Waals surface area (Å²) >= 11 is 1.20. The molecule has 0 aliphatic heterocycles. The van der Waals surface area contributed by atoms with Crippen LogP contribution < -0.4 is 11.2 Å². The summed E-state index contributed by atoms with van der Waals surface area (Å²) < 4.78 is 7.79. The van der Waals surface area contributed by atoms with Crippen LogP contribution in [-0.2, 0) is 17.8 Å². The Morgan fingerprint density at radius 2 is 2.00 bits per heavy atom. The van der Waals surface area contributed by atoms with E-state index in [1.165, 1.54) is 15.9 Å². The summed E-state index contributed by atoms with van der Waals surface area (Å²) in [5, 5.41) is 0.473. The van der Waals surface area contributed by atoms with E-state index in [2.05, 4.69) is 0 Å². The molecule has 2 heterocycles. The Labute approximate surface area is 125 Å². The lowest BCUT2D eigenvalue weighted by atomic mass is 10.2. The second kappa shape index (κ2) is 6.36. The fourth-order valence-electron chi connectivity index (χ4n) is 2.37. The van der Waals surface area contributed by atoms with E-state index in [4.69, 9.17) is 4.74 Å². The number of thiophene rings is 1. The molecule has 0 N–H and O–H groups in total. The molecule has 21 heavy (non-hydrogen) atoms. The molecule has 0 atom stereocenters. The van der Waals surface area contributed by atoms with Crippen LogP contribution in [0.5, 0.6) is 0 Å². The summed E-state index contributed by atoms with van der Waals surface area (Å²) in [7, 11) is 1.60. The molecule has 0 aliphatic rings. The van der Waals surface area contributed by atoms with Crippen molar-refractivity contribution in [3.63, 3.8) is 0 Å². The average molecular weight is 310 g/mol. The molecule has 0 fully saturated rings. The molecule has 0 spiro atoms. The maximum atomic E-state index is 12.4. The van der Waals surface area contributed by atoms with Crippen molar-refractivity contribution >= 4 is 27.8 Å². The number of rotatable bonds is 6. The molecular formula is C14H18N2O4S. The lowest BCUT2D eigenvalue weighted by molar-refractivity contribution is 0.112. The highest BCUT2D eigenvalue weighted by molar-refractivity contribution is 7.20. The second-order valence-corrected chi connectivity index (χ2v) is 5.75. The summed E-state index contributed by atoms with van der Waals surface area (Å²) in [5.41, 5.74) is 0.00448. The Morgan fingerprint density at radius 1 is 1.29 bits per heavy atom. The molecule has 7 heteroatoms. The molecule has 0 aromatic carbocycles. The molecule has 2 rings (SSSR count). The molecule has 6 nitrogen and oxygen atoms in total. The van der Waals surface area contributed by atoms with E-state index in [1.54, 1.807) is 25.5 Å². The van der Waals surface area contributed by atoms with E-state index < -0.39 is 0 Å². The Hall–Kier alpha value is -1.73. The van der Waals surface area contributed by atoms with Crippen LogP contribution in [0.25, 0.3) is 10.2 Å². The van der Waals surface area contributed by atoms with Crippen LogP contribution in [-0.4, -0.2) is 29.1 Å². The Kier molecular flexibility index (Phi) is 4.74. The molecule has 0 bridgehead atoms. The first-order valence-electron chi connectivity index (χ1n) is 6.77. The fourth-order valence-corrected chi connectivity index (χ4v) is 3.50. The highest BCUT2D eigenvalue weighted by Crippen LogP contribution is 2.26. The maximum absolute atomic E-state index is 12.4. The van der Waals surface area contributed by atoms with Gasteiger partial charge in [0.05, 0.1) is 10.3 Å². The van der Waals surface area contributed by atoms with Crippen LogP contribution in [0.1, 0.15) is 28.6 Å². The first-order valence-corrected chi connectivity index (χ1v) is 7.59. The zero-order valence-electron chi connectivity index (χ0n) is 12.3. The third-order valence-corrected chi connectivity index (χ3v) is 4.72. The molecule has 114 valence electrons. The van der Waals surface area contributed by atoms with E-state index in [0.717, 1.165) is 6.29 Å². The van der Waals surface area contributed by atoms with Gasteiger partial charge in [-0.05, 0) is 25.8 Å². The van der Waals surface area contributed by atoms with Crippen LogP contribution in [0.3, 0.4) is 0 Å². The molecule has 2 aromatic rings.